The smallest absolute Gasteiger partial charge is 0.219 e. The van der Waals surface area contributed by atoms with Crippen molar-refractivity contribution in [2.24, 2.45) is 0 Å². The Hall–Kier alpha value is -2.02. The maximum Gasteiger partial charge on any atom is 0.219 e. The van der Waals surface area contributed by atoms with Crippen molar-refractivity contribution < 1.29 is 14.2 Å². The van der Waals surface area contributed by atoms with Gasteiger partial charge in [-0.05, 0) is 50.2 Å². The zero-order valence-corrected chi connectivity index (χ0v) is 15.9. The number of piperazine rings is 1. The fourth-order valence-electron chi connectivity index (χ4n) is 4.21. The quantitative estimate of drug-likeness (QED) is 0.587. The number of ether oxygens (including phenoxy) is 3. The van der Waals surface area contributed by atoms with Crippen molar-refractivity contribution in [3.8, 4) is 0 Å². The van der Waals surface area contributed by atoms with Gasteiger partial charge in [0.1, 0.15) is 0 Å². The summed E-state index contributed by atoms with van der Waals surface area (Å²) in [6.07, 6.45) is 9.53. The number of nitrogen functional groups attached to an aromatic ring is 1. The second kappa shape index (κ2) is 8.33. The van der Waals surface area contributed by atoms with Gasteiger partial charge in [0.05, 0.1) is 26.1 Å². The van der Waals surface area contributed by atoms with Crippen LogP contribution in [0.5, 0.6) is 0 Å². The van der Waals surface area contributed by atoms with E-state index in [1.807, 2.05) is 30.4 Å². The summed E-state index contributed by atoms with van der Waals surface area (Å²) >= 11 is 0. The van der Waals surface area contributed by atoms with Crippen LogP contribution in [0.4, 0.5) is 11.4 Å². The highest BCUT2D eigenvalue weighted by Gasteiger charge is 2.37. The van der Waals surface area contributed by atoms with Gasteiger partial charge in [-0.2, -0.15) is 0 Å². The molecule has 3 unspecified atom stereocenters. The molecule has 6 nitrogen and oxygen atoms in total. The summed E-state index contributed by atoms with van der Waals surface area (Å²) in [5.41, 5.74) is 9.21. The summed E-state index contributed by atoms with van der Waals surface area (Å²) in [7, 11) is 2.26. The van der Waals surface area contributed by atoms with Gasteiger partial charge >= 0.3 is 0 Å². The SMILES string of the molecule is CN1C2CCC1CN(c1ccc(N)cc1COCCOC1C=CC=CO1)C2. The van der Waals surface area contributed by atoms with Crippen LogP contribution in [0.25, 0.3) is 0 Å². The predicted molar refractivity (Wildman–Crippen MR) is 106 cm³/mol. The van der Waals surface area contributed by atoms with Crippen LogP contribution in [0.15, 0.2) is 42.7 Å². The van der Waals surface area contributed by atoms with E-state index in [2.05, 4.69) is 22.9 Å². The average molecular weight is 371 g/mol. The van der Waals surface area contributed by atoms with E-state index in [1.165, 1.54) is 18.5 Å². The maximum atomic E-state index is 6.04. The standard InChI is InChI=1S/C21H29N3O3/c1-23-18-6-7-19(23)14-24(13-18)20-8-5-17(22)12-16(20)15-25-10-11-27-21-4-2-3-9-26-21/h2-5,8-9,12,18-19,21H,6-7,10-11,13-15,22H2,1H3. The highest BCUT2D eigenvalue weighted by Crippen LogP contribution is 2.33. The summed E-state index contributed by atoms with van der Waals surface area (Å²) in [5.74, 6) is 0. The molecule has 0 aromatic heterocycles. The number of hydrogen-bond acceptors (Lipinski definition) is 6. The van der Waals surface area contributed by atoms with Gasteiger partial charge in [0.25, 0.3) is 0 Å². The average Bonchev–Trinajstić information content (AvgIpc) is 2.89. The highest BCUT2D eigenvalue weighted by molar-refractivity contribution is 5.60. The molecule has 2 N–H and O–H groups in total. The van der Waals surface area contributed by atoms with Crippen molar-refractivity contribution in [1.82, 2.24) is 4.90 Å². The molecule has 2 fully saturated rings. The van der Waals surface area contributed by atoms with Crippen LogP contribution in [-0.4, -0.2) is 56.6 Å². The molecular formula is C21H29N3O3. The minimum Gasteiger partial charge on any atom is -0.469 e. The van der Waals surface area contributed by atoms with Crippen LogP contribution in [0.3, 0.4) is 0 Å². The first kappa shape index (κ1) is 18.3. The van der Waals surface area contributed by atoms with E-state index in [0.29, 0.717) is 31.9 Å². The van der Waals surface area contributed by atoms with Gasteiger partial charge in [0.2, 0.25) is 6.29 Å². The summed E-state index contributed by atoms with van der Waals surface area (Å²) in [5, 5.41) is 0. The third-order valence-corrected chi connectivity index (χ3v) is 5.73. The molecule has 0 spiro atoms. The van der Waals surface area contributed by atoms with Gasteiger partial charge in [-0.25, -0.2) is 0 Å². The largest absolute Gasteiger partial charge is 0.469 e. The lowest BCUT2D eigenvalue weighted by molar-refractivity contribution is -0.0904. The van der Waals surface area contributed by atoms with Gasteiger partial charge in [-0.1, -0.05) is 6.08 Å². The van der Waals surface area contributed by atoms with Crippen molar-refractivity contribution >= 4 is 11.4 Å². The Morgan fingerprint density at radius 2 is 1.96 bits per heavy atom. The van der Waals surface area contributed by atoms with Crippen molar-refractivity contribution in [2.45, 2.75) is 37.8 Å². The molecule has 27 heavy (non-hydrogen) atoms. The minimum atomic E-state index is -0.317. The van der Waals surface area contributed by atoms with Crippen LogP contribution in [0.2, 0.25) is 0 Å². The normalized spacial score (nSPS) is 27.1. The predicted octanol–water partition coefficient (Wildman–Crippen LogP) is 2.51. The number of allylic oxidation sites excluding steroid dienone is 2. The van der Waals surface area contributed by atoms with E-state index >= 15 is 0 Å². The fourth-order valence-corrected chi connectivity index (χ4v) is 4.21. The fraction of sp³-hybridized carbons (Fsp3) is 0.524. The molecule has 0 aliphatic carbocycles. The minimum absolute atomic E-state index is 0.317. The molecule has 3 atom stereocenters. The molecule has 1 aromatic carbocycles. The summed E-state index contributed by atoms with van der Waals surface area (Å²) in [4.78, 5) is 5.04. The molecule has 0 amide bonds. The Balaban J connectivity index is 1.32. The first-order chi connectivity index (χ1) is 13.2. The van der Waals surface area contributed by atoms with Crippen LogP contribution in [-0.2, 0) is 20.8 Å². The Kier molecular flexibility index (Phi) is 5.66. The van der Waals surface area contributed by atoms with Gasteiger partial charge < -0.3 is 24.8 Å². The Labute approximate surface area is 161 Å². The molecule has 2 bridgehead atoms. The van der Waals surface area contributed by atoms with E-state index in [1.54, 1.807) is 6.26 Å². The zero-order chi connectivity index (χ0) is 18.6. The summed E-state index contributed by atoms with van der Waals surface area (Å²) < 4.78 is 16.8. The number of hydrogen-bond donors (Lipinski definition) is 1. The number of nitrogens with zero attached hydrogens (tertiary/aromatic N) is 2. The Morgan fingerprint density at radius 3 is 2.70 bits per heavy atom. The third-order valence-electron chi connectivity index (χ3n) is 5.73. The van der Waals surface area contributed by atoms with Crippen LogP contribution < -0.4 is 10.6 Å². The van der Waals surface area contributed by atoms with Gasteiger partial charge in [-0.3, -0.25) is 4.90 Å². The lowest BCUT2D eigenvalue weighted by Crippen LogP contribution is -2.52. The zero-order valence-electron chi connectivity index (χ0n) is 15.9. The molecule has 4 rings (SSSR count). The molecule has 6 heteroatoms. The highest BCUT2D eigenvalue weighted by atomic mass is 16.7. The van der Waals surface area contributed by atoms with Crippen molar-refractivity contribution in [3.05, 3.63) is 48.3 Å². The molecule has 3 heterocycles. The first-order valence-corrected chi connectivity index (χ1v) is 9.74. The lowest BCUT2D eigenvalue weighted by Gasteiger charge is -2.41. The second-order valence-corrected chi connectivity index (χ2v) is 7.48. The van der Waals surface area contributed by atoms with Crippen LogP contribution >= 0.6 is 0 Å². The topological polar surface area (TPSA) is 60.2 Å². The van der Waals surface area contributed by atoms with Crippen LogP contribution in [0.1, 0.15) is 18.4 Å². The molecule has 0 saturated carbocycles. The molecule has 0 radical (unpaired) electrons. The number of anilines is 2. The van der Waals surface area contributed by atoms with Gasteiger partial charge in [-0.15, -0.1) is 0 Å². The molecule has 3 aliphatic heterocycles. The van der Waals surface area contributed by atoms with Crippen molar-refractivity contribution in [1.29, 1.82) is 0 Å². The van der Waals surface area contributed by atoms with Crippen molar-refractivity contribution in [3.63, 3.8) is 0 Å². The number of nitrogens with two attached hydrogens (primary N) is 1. The molecule has 2 saturated heterocycles. The van der Waals surface area contributed by atoms with Gasteiger partial charge in [0.15, 0.2) is 0 Å². The van der Waals surface area contributed by atoms with E-state index in [-0.39, 0.29) is 6.29 Å². The van der Waals surface area contributed by atoms with E-state index in [4.69, 9.17) is 19.9 Å². The third kappa shape index (κ3) is 4.29. The summed E-state index contributed by atoms with van der Waals surface area (Å²) in [6.45, 7) is 3.68. The molecule has 1 aromatic rings. The number of rotatable bonds is 7. The van der Waals surface area contributed by atoms with Gasteiger partial charge in [0, 0.05) is 42.1 Å². The molecular weight excluding hydrogens is 342 g/mol. The molecule has 146 valence electrons. The van der Waals surface area contributed by atoms with Crippen LogP contribution in [0, 0.1) is 0 Å². The summed E-state index contributed by atoms with van der Waals surface area (Å²) in [6, 6.07) is 7.47. The van der Waals surface area contributed by atoms with Crippen molar-refractivity contribution in [2.75, 3.05) is 44.0 Å². The van der Waals surface area contributed by atoms with E-state index in [0.717, 1.165) is 24.3 Å². The maximum absolute atomic E-state index is 6.04. The number of fused-ring (bicyclic) bond motifs is 2. The first-order valence-electron chi connectivity index (χ1n) is 9.74. The number of likely N-dealkylation sites (N-methyl/N-ethyl adjacent to an activating group) is 1. The van der Waals surface area contributed by atoms with E-state index in [9.17, 15) is 0 Å². The second-order valence-electron chi connectivity index (χ2n) is 7.48. The Morgan fingerprint density at radius 1 is 1.15 bits per heavy atom. The lowest BCUT2D eigenvalue weighted by atomic mass is 10.1. The Bertz CT molecular complexity index is 692. The molecule has 3 aliphatic rings. The van der Waals surface area contributed by atoms with E-state index < -0.39 is 0 Å². The monoisotopic (exact) mass is 371 g/mol. The number of benzene rings is 1.